The zero-order valence-corrected chi connectivity index (χ0v) is 13.7. The lowest BCUT2D eigenvalue weighted by molar-refractivity contribution is 0.0566. The quantitative estimate of drug-likeness (QED) is 0.709. The molecule has 6 nitrogen and oxygen atoms in total. The number of rotatable bonds is 5. The smallest absolute Gasteiger partial charge is 0.333 e. The van der Waals surface area contributed by atoms with Crippen molar-refractivity contribution < 1.29 is 18.0 Å². The average Bonchev–Trinajstić information content (AvgIpc) is 3.10. The maximum Gasteiger partial charge on any atom is 0.333 e. The van der Waals surface area contributed by atoms with Gasteiger partial charge in [-0.05, 0) is 36.2 Å². The van der Waals surface area contributed by atoms with Gasteiger partial charge < -0.3 is 5.32 Å². The summed E-state index contributed by atoms with van der Waals surface area (Å²) in [6.45, 7) is -0.960. The molecule has 1 N–H and O–H groups in total. The van der Waals surface area contributed by atoms with Gasteiger partial charge in [0.15, 0.2) is 0 Å². The monoisotopic (exact) mass is 361 g/mol. The molecular formula is C17H14F3N5O. The summed E-state index contributed by atoms with van der Waals surface area (Å²) in [4.78, 5) is 20.0. The number of nitrogens with one attached hydrogen (secondary N) is 1. The van der Waals surface area contributed by atoms with Gasteiger partial charge in [0.1, 0.15) is 5.69 Å². The van der Waals surface area contributed by atoms with E-state index in [0.717, 1.165) is 0 Å². The Kier molecular flexibility index (Phi) is 4.97. The van der Waals surface area contributed by atoms with Crippen molar-refractivity contribution in [1.29, 1.82) is 0 Å². The topological polar surface area (TPSA) is 72.7 Å². The average molecular weight is 361 g/mol. The van der Waals surface area contributed by atoms with Gasteiger partial charge in [-0.1, -0.05) is 6.07 Å². The maximum absolute atomic E-state index is 13.1. The number of carbonyl (C=O) groups excluding carboxylic acids is 1. The van der Waals surface area contributed by atoms with Gasteiger partial charge in [-0.15, -0.1) is 0 Å². The Hall–Kier alpha value is -3.23. The Balaban J connectivity index is 1.78. The highest BCUT2D eigenvalue weighted by Gasteiger charge is 2.14. The molecule has 0 fully saturated rings. The van der Waals surface area contributed by atoms with E-state index >= 15 is 0 Å². The van der Waals surface area contributed by atoms with Gasteiger partial charge in [0, 0.05) is 18.0 Å². The number of halogens is 3. The predicted molar refractivity (Wildman–Crippen MR) is 86.8 cm³/mol. The molecule has 26 heavy (non-hydrogen) atoms. The minimum atomic E-state index is -2.74. The van der Waals surface area contributed by atoms with Gasteiger partial charge in [-0.25, -0.2) is 9.67 Å². The molecule has 3 heterocycles. The van der Waals surface area contributed by atoms with Gasteiger partial charge in [0.05, 0.1) is 18.4 Å². The summed E-state index contributed by atoms with van der Waals surface area (Å²) in [5, 5.41) is 6.19. The second kappa shape index (κ2) is 7.34. The molecule has 0 bridgehead atoms. The van der Waals surface area contributed by atoms with E-state index in [1.807, 2.05) is 0 Å². The number of pyridine rings is 2. The molecule has 0 saturated heterocycles. The molecule has 0 spiro atoms. The van der Waals surface area contributed by atoms with Crippen molar-refractivity contribution in [3.63, 3.8) is 0 Å². The summed E-state index contributed by atoms with van der Waals surface area (Å²) in [6, 6.07) is 5.78. The van der Waals surface area contributed by atoms with Crippen LogP contribution in [0.2, 0.25) is 0 Å². The lowest BCUT2D eigenvalue weighted by Gasteiger charge is -2.08. The second-order valence-electron chi connectivity index (χ2n) is 5.51. The van der Waals surface area contributed by atoms with Crippen LogP contribution < -0.4 is 5.32 Å². The van der Waals surface area contributed by atoms with Gasteiger partial charge >= 0.3 is 6.55 Å². The lowest BCUT2D eigenvalue weighted by Crippen LogP contribution is -2.24. The number of aromatic nitrogens is 4. The molecule has 0 aromatic carbocycles. The van der Waals surface area contributed by atoms with Crippen LogP contribution in [0.25, 0.3) is 11.1 Å². The molecule has 0 aliphatic rings. The fraction of sp³-hybridized carbons (Fsp3) is 0.176. The predicted octanol–water partition coefficient (Wildman–Crippen LogP) is 3.11. The minimum Gasteiger partial charge on any atom is -0.345 e. The van der Waals surface area contributed by atoms with Gasteiger partial charge in [-0.3, -0.25) is 9.78 Å². The van der Waals surface area contributed by atoms with E-state index in [0.29, 0.717) is 27.1 Å². The fourth-order valence-corrected chi connectivity index (χ4v) is 2.35. The molecule has 0 aliphatic carbocycles. The number of hydrogen-bond donors (Lipinski definition) is 1. The van der Waals surface area contributed by atoms with Crippen LogP contribution >= 0.6 is 0 Å². The van der Waals surface area contributed by atoms with Crippen LogP contribution in [0.5, 0.6) is 0 Å². The zero-order chi connectivity index (χ0) is 18.7. The van der Waals surface area contributed by atoms with E-state index in [4.69, 9.17) is 0 Å². The fourth-order valence-electron chi connectivity index (χ4n) is 2.35. The first-order chi connectivity index (χ1) is 12.4. The molecule has 9 heteroatoms. The number of alkyl halides is 2. The summed E-state index contributed by atoms with van der Waals surface area (Å²) in [5.74, 6) is -1.12. The highest BCUT2D eigenvalue weighted by Crippen LogP contribution is 2.24. The van der Waals surface area contributed by atoms with Crippen LogP contribution in [0.4, 0.5) is 13.2 Å². The van der Waals surface area contributed by atoms with E-state index in [-0.39, 0.29) is 12.2 Å². The third kappa shape index (κ3) is 3.88. The largest absolute Gasteiger partial charge is 0.345 e. The minimum absolute atomic E-state index is 0.0325. The van der Waals surface area contributed by atoms with Gasteiger partial charge in [-0.2, -0.15) is 18.3 Å². The Morgan fingerprint density at radius 3 is 2.81 bits per heavy atom. The van der Waals surface area contributed by atoms with E-state index in [1.54, 1.807) is 13.0 Å². The van der Waals surface area contributed by atoms with Crippen molar-refractivity contribution in [1.82, 2.24) is 25.1 Å². The molecular weight excluding hydrogens is 347 g/mol. The SMILES string of the molecule is Cc1cnc(C(=O)NCc2cccc(F)n2)cc1-c1cnn(C(F)F)c1. The Bertz CT molecular complexity index is 942. The number of carbonyl (C=O) groups is 1. The first kappa shape index (κ1) is 17.6. The molecule has 0 unspecified atom stereocenters. The van der Waals surface area contributed by atoms with Crippen molar-refractivity contribution in [3.8, 4) is 11.1 Å². The Morgan fingerprint density at radius 2 is 2.12 bits per heavy atom. The molecule has 134 valence electrons. The van der Waals surface area contributed by atoms with E-state index in [1.165, 1.54) is 36.8 Å². The Labute approximate surface area is 146 Å². The molecule has 3 aromatic rings. The third-order valence-corrected chi connectivity index (χ3v) is 3.65. The van der Waals surface area contributed by atoms with Crippen molar-refractivity contribution in [2.45, 2.75) is 20.0 Å². The highest BCUT2D eigenvalue weighted by molar-refractivity contribution is 5.93. The van der Waals surface area contributed by atoms with Crippen LogP contribution in [0.15, 0.2) is 42.9 Å². The summed E-state index contributed by atoms with van der Waals surface area (Å²) in [7, 11) is 0. The van der Waals surface area contributed by atoms with Crippen molar-refractivity contribution in [3.05, 3.63) is 65.8 Å². The van der Waals surface area contributed by atoms with Crippen molar-refractivity contribution >= 4 is 5.91 Å². The van der Waals surface area contributed by atoms with Gasteiger partial charge in [0.2, 0.25) is 5.95 Å². The standard InChI is InChI=1S/C17H14F3N5O/c1-10-6-21-14(5-13(10)11-7-23-25(9-11)17(19)20)16(26)22-8-12-3-2-4-15(18)24-12/h2-7,9,17H,8H2,1H3,(H,22,26). The van der Waals surface area contributed by atoms with Gasteiger partial charge in [0.25, 0.3) is 5.91 Å². The molecule has 3 rings (SSSR count). The summed E-state index contributed by atoms with van der Waals surface area (Å²) in [5.41, 5.74) is 2.20. The summed E-state index contributed by atoms with van der Waals surface area (Å²) < 4.78 is 39.0. The van der Waals surface area contributed by atoms with Crippen LogP contribution in [-0.2, 0) is 6.54 Å². The molecule has 0 aliphatic heterocycles. The van der Waals surface area contributed by atoms with E-state index in [2.05, 4.69) is 20.4 Å². The van der Waals surface area contributed by atoms with Crippen LogP contribution in [0, 0.1) is 12.9 Å². The first-order valence-electron chi connectivity index (χ1n) is 7.63. The normalized spacial score (nSPS) is 11.0. The third-order valence-electron chi connectivity index (χ3n) is 3.65. The molecule has 0 atom stereocenters. The van der Waals surface area contributed by atoms with Crippen molar-refractivity contribution in [2.75, 3.05) is 0 Å². The number of nitrogens with zero attached hydrogens (tertiary/aromatic N) is 4. The van der Waals surface area contributed by atoms with Crippen molar-refractivity contribution in [2.24, 2.45) is 0 Å². The molecule has 0 saturated carbocycles. The van der Waals surface area contributed by atoms with Crippen LogP contribution in [0.1, 0.15) is 28.3 Å². The molecule has 3 aromatic heterocycles. The molecule has 1 amide bonds. The van der Waals surface area contributed by atoms with E-state index in [9.17, 15) is 18.0 Å². The number of amides is 1. The highest BCUT2D eigenvalue weighted by atomic mass is 19.3. The first-order valence-corrected chi connectivity index (χ1v) is 7.63. The van der Waals surface area contributed by atoms with E-state index < -0.39 is 18.4 Å². The summed E-state index contributed by atoms with van der Waals surface area (Å²) >= 11 is 0. The van der Waals surface area contributed by atoms with Crippen LogP contribution in [0.3, 0.4) is 0 Å². The zero-order valence-electron chi connectivity index (χ0n) is 13.7. The summed E-state index contributed by atoms with van der Waals surface area (Å²) in [6.07, 6.45) is 3.97. The lowest BCUT2D eigenvalue weighted by atomic mass is 10.0. The van der Waals surface area contributed by atoms with Crippen LogP contribution in [-0.4, -0.2) is 25.7 Å². The number of aryl methyl sites for hydroxylation is 1. The second-order valence-corrected chi connectivity index (χ2v) is 5.51. The number of hydrogen-bond acceptors (Lipinski definition) is 4. The maximum atomic E-state index is 13.1. The Morgan fingerprint density at radius 1 is 1.31 bits per heavy atom. The molecule has 0 radical (unpaired) electrons.